The van der Waals surface area contributed by atoms with Gasteiger partial charge in [0, 0.05) is 19.2 Å². The quantitative estimate of drug-likeness (QED) is 0.754. The van der Waals surface area contributed by atoms with Crippen LogP contribution in [0.15, 0.2) is 18.6 Å². The number of urea groups is 1. The van der Waals surface area contributed by atoms with Gasteiger partial charge < -0.3 is 10.1 Å². The van der Waals surface area contributed by atoms with Crippen LogP contribution in [0.2, 0.25) is 0 Å². The Morgan fingerprint density at radius 2 is 2.32 bits per heavy atom. The molecule has 0 aliphatic carbocycles. The molecule has 22 heavy (non-hydrogen) atoms. The van der Waals surface area contributed by atoms with Gasteiger partial charge in [0.25, 0.3) is 0 Å². The molecule has 0 saturated heterocycles. The molecular weight excluding hydrogens is 304 g/mol. The number of nitrogens with zero attached hydrogens (tertiary/aromatic N) is 4. The van der Waals surface area contributed by atoms with Crippen LogP contribution in [0.4, 0.5) is 9.93 Å². The van der Waals surface area contributed by atoms with E-state index >= 15 is 0 Å². The monoisotopic (exact) mass is 322 g/mol. The van der Waals surface area contributed by atoms with Crippen molar-refractivity contribution in [3.05, 3.63) is 29.3 Å². The first-order chi connectivity index (χ1) is 10.7. The minimum Gasteiger partial charge on any atom is -0.381 e. The number of amides is 2. The fourth-order valence-corrected chi connectivity index (χ4v) is 2.39. The number of hydrogen-bond donors (Lipinski definition) is 2. The Morgan fingerprint density at radius 3 is 3.05 bits per heavy atom. The number of carbonyl (C=O) groups is 1. The lowest BCUT2D eigenvalue weighted by atomic mass is 10.2. The van der Waals surface area contributed by atoms with E-state index in [1.54, 1.807) is 12.3 Å². The highest BCUT2D eigenvalue weighted by Gasteiger charge is 2.12. The molecule has 2 aromatic rings. The van der Waals surface area contributed by atoms with Gasteiger partial charge in [-0.05, 0) is 19.9 Å². The minimum absolute atomic E-state index is 0.228. The van der Waals surface area contributed by atoms with Crippen molar-refractivity contribution in [3.8, 4) is 0 Å². The number of rotatable bonds is 7. The van der Waals surface area contributed by atoms with Gasteiger partial charge in [-0.3, -0.25) is 5.32 Å². The Bertz CT molecular complexity index is 591. The molecule has 9 heteroatoms. The summed E-state index contributed by atoms with van der Waals surface area (Å²) < 4.78 is 5.26. The highest BCUT2D eigenvalue weighted by Crippen LogP contribution is 2.16. The van der Waals surface area contributed by atoms with Crippen molar-refractivity contribution >= 4 is 22.5 Å². The lowest BCUT2D eigenvalue weighted by molar-refractivity contribution is 0.150. The Balaban J connectivity index is 1.82. The van der Waals surface area contributed by atoms with E-state index < -0.39 is 0 Å². The third kappa shape index (κ3) is 5.01. The molecule has 0 bridgehead atoms. The van der Waals surface area contributed by atoms with Gasteiger partial charge in [0.1, 0.15) is 11.3 Å². The first-order valence-electron chi connectivity index (χ1n) is 6.92. The molecule has 0 fully saturated rings. The van der Waals surface area contributed by atoms with Crippen LogP contribution in [0.25, 0.3) is 0 Å². The third-order valence-corrected chi connectivity index (χ3v) is 3.65. The van der Waals surface area contributed by atoms with Crippen molar-refractivity contribution in [2.45, 2.75) is 26.3 Å². The van der Waals surface area contributed by atoms with E-state index in [-0.39, 0.29) is 12.1 Å². The molecule has 2 rings (SSSR count). The molecule has 1 unspecified atom stereocenters. The molecule has 2 aromatic heterocycles. The fourth-order valence-electron chi connectivity index (χ4n) is 1.67. The van der Waals surface area contributed by atoms with E-state index in [4.69, 9.17) is 4.74 Å². The summed E-state index contributed by atoms with van der Waals surface area (Å²) in [7, 11) is 0. The molecule has 118 valence electrons. The number of aromatic nitrogens is 4. The highest BCUT2D eigenvalue weighted by molar-refractivity contribution is 7.15. The van der Waals surface area contributed by atoms with E-state index in [2.05, 4.69) is 30.8 Å². The molecule has 1 atom stereocenters. The number of hydrogen-bond acceptors (Lipinski definition) is 7. The number of ether oxygens (including phenoxy) is 1. The van der Waals surface area contributed by atoms with Crippen molar-refractivity contribution in [2.24, 2.45) is 0 Å². The second-order valence-corrected chi connectivity index (χ2v) is 5.46. The van der Waals surface area contributed by atoms with Crippen LogP contribution < -0.4 is 10.6 Å². The average Bonchev–Trinajstić information content (AvgIpc) is 2.95. The van der Waals surface area contributed by atoms with Gasteiger partial charge in [0.15, 0.2) is 0 Å². The summed E-state index contributed by atoms with van der Waals surface area (Å²) in [6, 6.07) is 1.17. The first-order valence-corrected chi connectivity index (χ1v) is 7.74. The van der Waals surface area contributed by atoms with Crippen molar-refractivity contribution in [2.75, 3.05) is 18.5 Å². The van der Waals surface area contributed by atoms with E-state index in [0.717, 1.165) is 10.7 Å². The highest BCUT2D eigenvalue weighted by atomic mass is 32.1. The van der Waals surface area contributed by atoms with Crippen LogP contribution in [0.3, 0.4) is 0 Å². The maximum Gasteiger partial charge on any atom is 0.321 e. The second kappa shape index (κ2) is 8.35. The number of anilines is 1. The van der Waals surface area contributed by atoms with Crippen molar-refractivity contribution in [3.63, 3.8) is 0 Å². The predicted molar refractivity (Wildman–Crippen MR) is 82.7 cm³/mol. The Morgan fingerprint density at radius 1 is 1.45 bits per heavy atom. The number of carbonyl (C=O) groups excluding carboxylic acids is 1. The average molecular weight is 322 g/mol. The molecular formula is C13H18N6O2S. The smallest absolute Gasteiger partial charge is 0.321 e. The lowest BCUT2D eigenvalue weighted by Gasteiger charge is -2.12. The van der Waals surface area contributed by atoms with Crippen molar-refractivity contribution in [1.82, 2.24) is 25.5 Å². The van der Waals surface area contributed by atoms with Gasteiger partial charge >= 0.3 is 6.03 Å². The van der Waals surface area contributed by atoms with Crippen LogP contribution in [0, 0.1) is 0 Å². The summed E-state index contributed by atoms with van der Waals surface area (Å²) in [5.74, 6) is 0. The molecule has 0 radical (unpaired) electrons. The van der Waals surface area contributed by atoms with Gasteiger partial charge in [-0.1, -0.05) is 11.3 Å². The normalized spacial score (nSPS) is 11.9. The summed E-state index contributed by atoms with van der Waals surface area (Å²) >= 11 is 1.33. The molecule has 0 spiro atoms. The predicted octanol–water partition coefficient (Wildman–Crippen LogP) is 1.79. The van der Waals surface area contributed by atoms with Gasteiger partial charge in [0.05, 0.1) is 18.3 Å². The standard InChI is InChI=1S/C13H18N6O2S/c1-3-21-7-5-11-18-19-13(22-11)17-12(20)16-9(2)10-4-6-14-8-15-10/h4,6,8-9H,3,5,7H2,1-2H3,(H2,16,17,19,20). The van der Waals surface area contributed by atoms with Crippen molar-refractivity contribution < 1.29 is 9.53 Å². The molecule has 0 aromatic carbocycles. The topological polar surface area (TPSA) is 102 Å². The summed E-state index contributed by atoms with van der Waals surface area (Å²) in [5, 5.41) is 14.7. The van der Waals surface area contributed by atoms with Crippen LogP contribution >= 0.6 is 11.3 Å². The zero-order valence-electron chi connectivity index (χ0n) is 12.4. The third-order valence-electron chi connectivity index (χ3n) is 2.75. The Labute approximate surface area is 132 Å². The molecule has 0 saturated carbocycles. The summed E-state index contributed by atoms with van der Waals surface area (Å²) in [6.07, 6.45) is 3.76. The first kappa shape index (κ1) is 16.2. The SMILES string of the molecule is CCOCCc1nnc(NC(=O)NC(C)c2ccncn2)s1. The van der Waals surface area contributed by atoms with E-state index in [0.29, 0.717) is 24.8 Å². The summed E-state index contributed by atoms with van der Waals surface area (Å²) in [6.45, 7) is 5.06. The van der Waals surface area contributed by atoms with E-state index in [1.807, 2.05) is 13.8 Å². The summed E-state index contributed by atoms with van der Waals surface area (Å²) in [5.41, 5.74) is 0.736. The molecule has 0 aliphatic heterocycles. The molecule has 0 aliphatic rings. The van der Waals surface area contributed by atoms with Crippen LogP contribution in [-0.2, 0) is 11.2 Å². The molecule has 2 heterocycles. The zero-order chi connectivity index (χ0) is 15.8. The van der Waals surface area contributed by atoms with Crippen LogP contribution in [0.5, 0.6) is 0 Å². The molecule has 2 amide bonds. The van der Waals surface area contributed by atoms with Gasteiger partial charge in [-0.15, -0.1) is 10.2 Å². The minimum atomic E-state index is -0.348. The summed E-state index contributed by atoms with van der Waals surface area (Å²) in [4.78, 5) is 19.8. The van der Waals surface area contributed by atoms with Gasteiger partial charge in [-0.2, -0.15) is 0 Å². The fraction of sp³-hybridized carbons (Fsp3) is 0.462. The van der Waals surface area contributed by atoms with Crippen molar-refractivity contribution in [1.29, 1.82) is 0 Å². The molecule has 8 nitrogen and oxygen atoms in total. The lowest BCUT2D eigenvalue weighted by Crippen LogP contribution is -2.31. The van der Waals surface area contributed by atoms with E-state index in [9.17, 15) is 4.79 Å². The van der Waals surface area contributed by atoms with Crippen LogP contribution in [0.1, 0.15) is 30.6 Å². The van der Waals surface area contributed by atoms with Gasteiger partial charge in [-0.25, -0.2) is 14.8 Å². The second-order valence-electron chi connectivity index (χ2n) is 4.40. The van der Waals surface area contributed by atoms with Crippen LogP contribution in [-0.4, -0.2) is 39.4 Å². The maximum atomic E-state index is 11.9. The zero-order valence-corrected chi connectivity index (χ0v) is 13.3. The number of nitrogens with one attached hydrogen (secondary N) is 2. The molecule has 2 N–H and O–H groups in total. The van der Waals surface area contributed by atoms with Gasteiger partial charge in [0.2, 0.25) is 5.13 Å². The largest absolute Gasteiger partial charge is 0.381 e. The Hall–Kier alpha value is -2.13. The Kier molecular flexibility index (Phi) is 6.16. The maximum absolute atomic E-state index is 11.9. The van der Waals surface area contributed by atoms with E-state index in [1.165, 1.54) is 17.7 Å².